The second kappa shape index (κ2) is 6.06. The fourth-order valence-electron chi connectivity index (χ4n) is 4.09. The third-order valence-electron chi connectivity index (χ3n) is 4.99. The number of aromatic nitrogens is 1. The third-order valence-corrected chi connectivity index (χ3v) is 5.85. The molecule has 4 rings (SSSR count). The molecule has 0 aromatic carbocycles. The number of carbonyl (C=O) groups is 1. The molecule has 2 aromatic rings. The number of pyridine rings is 1. The van der Waals surface area contributed by atoms with Crippen LogP contribution in [-0.4, -0.2) is 28.5 Å². The van der Waals surface area contributed by atoms with Gasteiger partial charge >= 0.3 is 0 Å². The van der Waals surface area contributed by atoms with Crippen LogP contribution in [0.5, 0.6) is 0 Å². The topological polar surface area (TPSA) is 42.3 Å². The SMILES string of the molecule is CC=Cc1ccc(=O)n2c1C1CC(CN(C(=O)c3cccs3)C1)C2. The van der Waals surface area contributed by atoms with Gasteiger partial charge in [-0.2, -0.15) is 0 Å². The molecular formula is C19H20N2O2S. The minimum absolute atomic E-state index is 0.0750. The van der Waals surface area contributed by atoms with Crippen molar-refractivity contribution in [2.75, 3.05) is 13.1 Å². The smallest absolute Gasteiger partial charge is 0.263 e. The van der Waals surface area contributed by atoms with Crippen LogP contribution < -0.4 is 5.56 Å². The number of rotatable bonds is 2. The van der Waals surface area contributed by atoms with Gasteiger partial charge in [-0.15, -0.1) is 11.3 Å². The molecule has 1 saturated heterocycles. The fraction of sp³-hybridized carbons (Fsp3) is 0.368. The predicted molar refractivity (Wildman–Crippen MR) is 96.5 cm³/mol. The van der Waals surface area contributed by atoms with Crippen LogP contribution >= 0.6 is 11.3 Å². The minimum atomic E-state index is 0.0750. The summed E-state index contributed by atoms with van der Waals surface area (Å²) in [5.74, 6) is 0.722. The van der Waals surface area contributed by atoms with Crippen LogP contribution in [0.3, 0.4) is 0 Å². The van der Waals surface area contributed by atoms with Crippen molar-refractivity contribution in [1.82, 2.24) is 9.47 Å². The molecule has 1 fully saturated rings. The zero-order valence-corrected chi connectivity index (χ0v) is 14.5. The van der Waals surface area contributed by atoms with Gasteiger partial charge in [0.1, 0.15) is 0 Å². The Morgan fingerprint density at radius 2 is 2.12 bits per heavy atom. The number of carbonyl (C=O) groups excluding carboxylic acids is 1. The number of allylic oxidation sites excluding steroid dienone is 1. The highest BCUT2D eigenvalue weighted by Gasteiger charge is 2.37. The quantitative estimate of drug-likeness (QED) is 0.842. The van der Waals surface area contributed by atoms with E-state index in [2.05, 4.69) is 6.08 Å². The number of fused-ring (bicyclic) bond motifs is 4. The lowest BCUT2D eigenvalue weighted by atomic mass is 9.81. The summed E-state index contributed by atoms with van der Waals surface area (Å²) < 4.78 is 1.93. The first kappa shape index (κ1) is 15.4. The molecule has 0 saturated carbocycles. The molecule has 4 nitrogen and oxygen atoms in total. The summed E-state index contributed by atoms with van der Waals surface area (Å²) >= 11 is 1.49. The number of thiophene rings is 1. The van der Waals surface area contributed by atoms with Crippen molar-refractivity contribution >= 4 is 23.3 Å². The Hall–Kier alpha value is -2.14. The second-order valence-electron chi connectivity index (χ2n) is 6.61. The number of amides is 1. The molecule has 2 bridgehead atoms. The van der Waals surface area contributed by atoms with Crippen LogP contribution in [-0.2, 0) is 6.54 Å². The second-order valence-corrected chi connectivity index (χ2v) is 7.56. The van der Waals surface area contributed by atoms with Gasteiger partial charge in [0.2, 0.25) is 0 Å². The van der Waals surface area contributed by atoms with Gasteiger partial charge in [-0.05, 0) is 42.3 Å². The van der Waals surface area contributed by atoms with Crippen LogP contribution in [0.15, 0.2) is 40.5 Å². The Balaban J connectivity index is 1.71. The lowest BCUT2D eigenvalue weighted by molar-refractivity contribution is 0.0599. The van der Waals surface area contributed by atoms with Gasteiger partial charge in [0.25, 0.3) is 11.5 Å². The van der Waals surface area contributed by atoms with Crippen LogP contribution in [0.1, 0.15) is 40.2 Å². The Bertz CT molecular complexity index is 851. The van der Waals surface area contributed by atoms with E-state index in [0.29, 0.717) is 19.0 Å². The van der Waals surface area contributed by atoms with E-state index in [1.807, 2.05) is 46.0 Å². The monoisotopic (exact) mass is 340 g/mol. The molecule has 4 heterocycles. The number of nitrogens with zero attached hydrogens (tertiary/aromatic N) is 2. The molecule has 0 spiro atoms. The van der Waals surface area contributed by atoms with Crippen molar-refractivity contribution in [3.05, 3.63) is 62.2 Å². The van der Waals surface area contributed by atoms with Crippen molar-refractivity contribution in [2.24, 2.45) is 5.92 Å². The Labute approximate surface area is 145 Å². The number of hydrogen-bond acceptors (Lipinski definition) is 3. The summed E-state index contributed by atoms with van der Waals surface area (Å²) in [6, 6.07) is 7.38. The van der Waals surface area contributed by atoms with E-state index in [1.54, 1.807) is 6.07 Å². The van der Waals surface area contributed by atoms with Crippen molar-refractivity contribution in [2.45, 2.75) is 25.8 Å². The average molecular weight is 340 g/mol. The largest absolute Gasteiger partial charge is 0.337 e. The van der Waals surface area contributed by atoms with Gasteiger partial charge in [0, 0.05) is 37.3 Å². The minimum Gasteiger partial charge on any atom is -0.337 e. The van der Waals surface area contributed by atoms with E-state index in [9.17, 15) is 9.59 Å². The number of likely N-dealkylation sites (tertiary alicyclic amines) is 1. The molecule has 24 heavy (non-hydrogen) atoms. The van der Waals surface area contributed by atoms with Crippen LogP contribution in [0.2, 0.25) is 0 Å². The lowest BCUT2D eigenvalue weighted by Gasteiger charge is -2.43. The van der Waals surface area contributed by atoms with E-state index in [-0.39, 0.29) is 17.4 Å². The maximum atomic E-state index is 12.7. The van der Waals surface area contributed by atoms with Crippen molar-refractivity contribution in [3.8, 4) is 0 Å². The molecule has 2 aromatic heterocycles. The van der Waals surface area contributed by atoms with Gasteiger partial charge in [-0.25, -0.2) is 0 Å². The zero-order chi connectivity index (χ0) is 16.7. The van der Waals surface area contributed by atoms with Gasteiger partial charge in [0.05, 0.1) is 4.88 Å². The molecule has 124 valence electrons. The van der Waals surface area contributed by atoms with Gasteiger partial charge in [-0.1, -0.05) is 18.2 Å². The highest BCUT2D eigenvalue weighted by Crippen LogP contribution is 2.37. The molecule has 5 heteroatoms. The number of piperidine rings is 1. The van der Waals surface area contributed by atoms with Gasteiger partial charge in [0.15, 0.2) is 0 Å². The summed E-state index contributed by atoms with van der Waals surface area (Å²) in [5.41, 5.74) is 2.28. The molecule has 0 N–H and O–H groups in total. The standard InChI is InChI=1S/C19H20N2O2S/c1-2-4-14-6-7-17(22)21-11-13-9-15(18(14)21)12-20(10-13)19(23)16-5-3-8-24-16/h2-8,13,15H,9-12H2,1H3. The average Bonchev–Trinajstić information content (AvgIpc) is 3.11. The molecule has 0 radical (unpaired) electrons. The summed E-state index contributed by atoms with van der Waals surface area (Å²) in [6.07, 6.45) is 5.12. The molecular weight excluding hydrogens is 320 g/mol. The van der Waals surface area contributed by atoms with E-state index in [1.165, 1.54) is 11.3 Å². The summed E-state index contributed by atoms with van der Waals surface area (Å²) in [6.45, 7) is 4.14. The summed E-state index contributed by atoms with van der Waals surface area (Å²) in [5, 5.41) is 1.94. The lowest BCUT2D eigenvalue weighted by Crippen LogP contribution is -2.49. The van der Waals surface area contributed by atoms with Crippen LogP contribution in [0.25, 0.3) is 6.08 Å². The van der Waals surface area contributed by atoms with Gasteiger partial charge in [-0.3, -0.25) is 9.59 Å². The molecule has 2 unspecified atom stereocenters. The van der Waals surface area contributed by atoms with Crippen LogP contribution in [0, 0.1) is 5.92 Å². The number of hydrogen-bond donors (Lipinski definition) is 0. The molecule has 2 aliphatic heterocycles. The maximum Gasteiger partial charge on any atom is 0.263 e. The Morgan fingerprint density at radius 3 is 2.88 bits per heavy atom. The van der Waals surface area contributed by atoms with Gasteiger partial charge < -0.3 is 9.47 Å². The Kier molecular flexibility index (Phi) is 3.88. The first-order chi connectivity index (χ1) is 11.7. The first-order valence-electron chi connectivity index (χ1n) is 8.36. The van der Waals surface area contributed by atoms with Crippen molar-refractivity contribution in [3.63, 3.8) is 0 Å². The van der Waals surface area contributed by atoms with E-state index in [4.69, 9.17) is 0 Å². The van der Waals surface area contributed by atoms with Crippen molar-refractivity contribution < 1.29 is 4.79 Å². The highest BCUT2D eigenvalue weighted by atomic mass is 32.1. The zero-order valence-electron chi connectivity index (χ0n) is 13.6. The van der Waals surface area contributed by atoms with Crippen molar-refractivity contribution in [1.29, 1.82) is 0 Å². The molecule has 2 atom stereocenters. The third kappa shape index (κ3) is 2.53. The Morgan fingerprint density at radius 1 is 1.25 bits per heavy atom. The van der Waals surface area contributed by atoms with E-state index >= 15 is 0 Å². The summed E-state index contributed by atoms with van der Waals surface area (Å²) in [4.78, 5) is 27.8. The normalized spacial score (nSPS) is 22.6. The fourth-order valence-corrected chi connectivity index (χ4v) is 4.78. The predicted octanol–water partition coefficient (Wildman–Crippen LogP) is 3.20. The molecule has 0 aliphatic carbocycles. The highest BCUT2D eigenvalue weighted by molar-refractivity contribution is 7.12. The summed E-state index contributed by atoms with van der Waals surface area (Å²) in [7, 11) is 0. The van der Waals surface area contributed by atoms with E-state index in [0.717, 1.165) is 29.1 Å². The first-order valence-corrected chi connectivity index (χ1v) is 9.24. The molecule has 2 aliphatic rings. The van der Waals surface area contributed by atoms with Crippen LogP contribution in [0.4, 0.5) is 0 Å². The maximum absolute atomic E-state index is 12.7. The molecule has 1 amide bonds. The van der Waals surface area contributed by atoms with E-state index < -0.39 is 0 Å².